The molecule has 4 aromatic rings. The maximum Gasteiger partial charge on any atom is 0.264 e. The number of hydrogen-bond donors (Lipinski definition) is 1. The molecule has 0 saturated heterocycles. The summed E-state index contributed by atoms with van der Waals surface area (Å²) in [4.78, 5) is 29.9. The zero-order valence-corrected chi connectivity index (χ0v) is 26.6. The van der Waals surface area contributed by atoms with E-state index in [0.717, 1.165) is 26.6 Å². The summed E-state index contributed by atoms with van der Waals surface area (Å²) in [7, 11) is -4.12. The van der Waals surface area contributed by atoms with Crippen LogP contribution in [0.25, 0.3) is 0 Å². The average Bonchev–Trinajstić information content (AvgIpc) is 3.02. The van der Waals surface area contributed by atoms with E-state index < -0.39 is 28.5 Å². The van der Waals surface area contributed by atoms with Crippen molar-refractivity contribution in [1.82, 2.24) is 10.2 Å². The Labute approximate surface area is 261 Å². The molecule has 2 amide bonds. The first-order valence-corrected chi connectivity index (χ1v) is 16.3. The highest BCUT2D eigenvalue weighted by molar-refractivity contribution is 7.92. The highest BCUT2D eigenvalue weighted by Crippen LogP contribution is 2.25. The van der Waals surface area contributed by atoms with Crippen molar-refractivity contribution in [3.8, 4) is 0 Å². The third kappa shape index (κ3) is 8.57. The summed E-state index contributed by atoms with van der Waals surface area (Å²) in [6.45, 7) is 8.03. The fraction of sp³-hybridized carbons (Fsp3) is 0.278. The first kappa shape index (κ1) is 32.5. The number of nitrogens with zero attached hydrogens (tertiary/aromatic N) is 2. The lowest BCUT2D eigenvalue weighted by atomic mass is 10.0. The molecule has 0 heterocycles. The van der Waals surface area contributed by atoms with E-state index in [1.54, 1.807) is 30.3 Å². The van der Waals surface area contributed by atoms with Crippen LogP contribution in [-0.2, 0) is 32.6 Å². The number of rotatable bonds is 13. The van der Waals surface area contributed by atoms with Gasteiger partial charge < -0.3 is 10.2 Å². The minimum atomic E-state index is -4.12. The molecule has 0 aliphatic carbocycles. The van der Waals surface area contributed by atoms with Crippen molar-refractivity contribution in [2.24, 2.45) is 5.92 Å². The summed E-state index contributed by atoms with van der Waals surface area (Å²) >= 11 is 0. The van der Waals surface area contributed by atoms with Gasteiger partial charge in [-0.15, -0.1) is 0 Å². The molecular weight excluding hydrogens is 570 g/mol. The molecule has 0 aliphatic rings. The number of anilines is 1. The third-order valence-corrected chi connectivity index (χ3v) is 9.15. The second kappa shape index (κ2) is 14.8. The number of hydrogen-bond acceptors (Lipinski definition) is 4. The van der Waals surface area contributed by atoms with Gasteiger partial charge in [0, 0.05) is 19.5 Å². The second-order valence-corrected chi connectivity index (χ2v) is 13.4. The van der Waals surface area contributed by atoms with Crippen LogP contribution in [0.1, 0.15) is 36.1 Å². The highest BCUT2D eigenvalue weighted by atomic mass is 32.2. The van der Waals surface area contributed by atoms with E-state index in [2.05, 4.69) is 5.32 Å². The summed E-state index contributed by atoms with van der Waals surface area (Å²) in [5.74, 6) is -0.548. The summed E-state index contributed by atoms with van der Waals surface area (Å²) in [5, 5.41) is 3.02. The van der Waals surface area contributed by atoms with Gasteiger partial charge in [-0.25, -0.2) is 8.42 Å². The van der Waals surface area contributed by atoms with E-state index in [9.17, 15) is 18.0 Å². The Hall–Kier alpha value is -4.43. The van der Waals surface area contributed by atoms with Gasteiger partial charge in [0.25, 0.3) is 10.0 Å². The SMILES string of the molecule is Cc1ccc(CN(C(=O)CN(c2ccc(C)cc2)S(=O)(=O)c2ccccc2)[C@@H](Cc2ccccc2)C(=O)NCC(C)C)cc1. The van der Waals surface area contributed by atoms with Gasteiger partial charge in [0.2, 0.25) is 11.8 Å². The molecule has 0 radical (unpaired) electrons. The Kier molecular flexibility index (Phi) is 11.0. The zero-order chi connectivity index (χ0) is 31.7. The second-order valence-electron chi connectivity index (χ2n) is 11.5. The van der Waals surface area contributed by atoms with Crippen LogP contribution in [0.3, 0.4) is 0 Å². The number of carbonyl (C=O) groups excluding carboxylic acids is 2. The lowest BCUT2D eigenvalue weighted by Crippen LogP contribution is -2.53. The Morgan fingerprint density at radius 2 is 1.27 bits per heavy atom. The van der Waals surface area contributed by atoms with Crippen molar-refractivity contribution >= 4 is 27.5 Å². The molecule has 230 valence electrons. The first-order valence-electron chi connectivity index (χ1n) is 14.9. The fourth-order valence-electron chi connectivity index (χ4n) is 4.83. The normalized spacial score (nSPS) is 12.0. The van der Waals surface area contributed by atoms with Crippen molar-refractivity contribution in [3.05, 3.63) is 131 Å². The summed E-state index contributed by atoms with van der Waals surface area (Å²) < 4.78 is 29.2. The van der Waals surface area contributed by atoms with Crippen molar-refractivity contribution in [1.29, 1.82) is 0 Å². The van der Waals surface area contributed by atoms with Crippen LogP contribution in [0.4, 0.5) is 5.69 Å². The largest absolute Gasteiger partial charge is 0.354 e. The predicted molar refractivity (Wildman–Crippen MR) is 176 cm³/mol. The molecule has 7 nitrogen and oxygen atoms in total. The third-order valence-electron chi connectivity index (χ3n) is 7.36. The van der Waals surface area contributed by atoms with Crippen LogP contribution < -0.4 is 9.62 Å². The number of amides is 2. The standard InChI is InChI=1S/C36H41N3O4S/c1-27(2)24-37-36(41)34(23-30-11-7-5-8-12-30)38(25-31-19-15-28(3)16-20-31)35(40)26-39(32-21-17-29(4)18-22-32)44(42,43)33-13-9-6-10-14-33/h5-22,27,34H,23-26H2,1-4H3,(H,37,41)/t34-/m0/s1. The molecule has 0 unspecified atom stereocenters. The van der Waals surface area contributed by atoms with Gasteiger partial charge in [0.1, 0.15) is 12.6 Å². The molecule has 0 saturated carbocycles. The van der Waals surface area contributed by atoms with Crippen LogP contribution in [0.2, 0.25) is 0 Å². The van der Waals surface area contributed by atoms with Crippen LogP contribution in [-0.4, -0.2) is 44.3 Å². The minimum absolute atomic E-state index is 0.0778. The van der Waals surface area contributed by atoms with Crippen molar-refractivity contribution in [3.63, 3.8) is 0 Å². The summed E-state index contributed by atoms with van der Waals surface area (Å²) in [6.07, 6.45) is 0.276. The molecule has 0 aliphatic heterocycles. The molecular formula is C36H41N3O4S. The number of nitrogens with one attached hydrogen (secondary N) is 1. The van der Waals surface area contributed by atoms with Gasteiger partial charge in [-0.1, -0.05) is 110 Å². The molecule has 44 heavy (non-hydrogen) atoms. The summed E-state index contributed by atoms with van der Waals surface area (Å²) in [5.41, 5.74) is 4.13. The Bertz CT molecular complexity index is 1620. The van der Waals surface area contributed by atoms with Gasteiger partial charge in [-0.3, -0.25) is 13.9 Å². The van der Waals surface area contributed by atoms with Gasteiger partial charge in [-0.2, -0.15) is 0 Å². The fourth-order valence-corrected chi connectivity index (χ4v) is 6.26. The van der Waals surface area contributed by atoms with E-state index in [1.807, 2.05) is 94.4 Å². The lowest BCUT2D eigenvalue weighted by Gasteiger charge is -2.34. The van der Waals surface area contributed by atoms with E-state index in [0.29, 0.717) is 12.2 Å². The van der Waals surface area contributed by atoms with Crippen LogP contribution in [0, 0.1) is 19.8 Å². The summed E-state index contributed by atoms with van der Waals surface area (Å²) in [6, 6.07) is 31.6. The van der Waals surface area contributed by atoms with Crippen molar-refractivity contribution in [2.75, 3.05) is 17.4 Å². The van der Waals surface area contributed by atoms with Gasteiger partial charge in [0.05, 0.1) is 10.6 Å². The lowest BCUT2D eigenvalue weighted by molar-refractivity contribution is -0.140. The number of aryl methyl sites for hydroxylation is 2. The monoisotopic (exact) mass is 611 g/mol. The maximum absolute atomic E-state index is 14.5. The maximum atomic E-state index is 14.5. The van der Waals surface area contributed by atoms with Gasteiger partial charge in [-0.05, 0) is 55.2 Å². The molecule has 1 atom stereocenters. The molecule has 0 spiro atoms. The molecule has 1 N–H and O–H groups in total. The Morgan fingerprint density at radius 3 is 1.84 bits per heavy atom. The molecule has 4 rings (SSSR count). The smallest absolute Gasteiger partial charge is 0.264 e. The average molecular weight is 612 g/mol. The van der Waals surface area contributed by atoms with E-state index >= 15 is 0 Å². The molecule has 0 fully saturated rings. The van der Waals surface area contributed by atoms with E-state index in [4.69, 9.17) is 0 Å². The topological polar surface area (TPSA) is 86.8 Å². The van der Waals surface area contributed by atoms with E-state index in [-0.39, 0.29) is 29.7 Å². The van der Waals surface area contributed by atoms with Crippen LogP contribution in [0.5, 0.6) is 0 Å². The number of sulfonamides is 1. The Balaban J connectivity index is 1.78. The van der Waals surface area contributed by atoms with Crippen molar-refractivity contribution < 1.29 is 18.0 Å². The van der Waals surface area contributed by atoms with Gasteiger partial charge in [0.15, 0.2) is 0 Å². The highest BCUT2D eigenvalue weighted by Gasteiger charge is 2.34. The number of carbonyl (C=O) groups is 2. The molecule has 0 aromatic heterocycles. The molecule has 4 aromatic carbocycles. The zero-order valence-electron chi connectivity index (χ0n) is 25.8. The van der Waals surface area contributed by atoms with Crippen molar-refractivity contribution in [2.45, 2.75) is 51.6 Å². The van der Waals surface area contributed by atoms with E-state index in [1.165, 1.54) is 17.0 Å². The van der Waals surface area contributed by atoms with Gasteiger partial charge >= 0.3 is 0 Å². The number of benzene rings is 4. The first-order chi connectivity index (χ1) is 21.0. The van der Waals surface area contributed by atoms with Crippen LogP contribution in [0.15, 0.2) is 114 Å². The minimum Gasteiger partial charge on any atom is -0.354 e. The molecule has 0 bridgehead atoms. The molecule has 8 heteroatoms. The quantitative estimate of drug-likeness (QED) is 0.204. The predicted octanol–water partition coefficient (Wildman–Crippen LogP) is 5.91. The van der Waals surface area contributed by atoms with Crippen LogP contribution >= 0.6 is 0 Å². The Morgan fingerprint density at radius 1 is 0.727 bits per heavy atom.